The second-order valence-corrected chi connectivity index (χ2v) is 5.79. The molecule has 25 heavy (non-hydrogen) atoms. The summed E-state index contributed by atoms with van der Waals surface area (Å²) in [5.41, 5.74) is 1.67. The highest BCUT2D eigenvalue weighted by atomic mass is 19.4. The van der Waals surface area contributed by atoms with Crippen LogP contribution in [0.5, 0.6) is 5.75 Å². The first-order valence-electron chi connectivity index (χ1n) is 7.89. The number of amides is 1. The van der Waals surface area contributed by atoms with Crippen molar-refractivity contribution in [2.75, 3.05) is 13.2 Å². The van der Waals surface area contributed by atoms with E-state index in [0.29, 0.717) is 5.75 Å². The standard InChI is InChI=1S/C19H20F3NO2/c1-13-7-8-16(11-14(13)2)25-12-18(24)23-10-9-15-5-3-4-6-17(15)19(20,21)22/h3-8,11H,9-10,12H2,1-2H3,(H,23,24). The number of benzene rings is 2. The monoisotopic (exact) mass is 351 g/mol. The van der Waals surface area contributed by atoms with Gasteiger partial charge in [0.2, 0.25) is 0 Å². The van der Waals surface area contributed by atoms with Gasteiger partial charge in [-0.25, -0.2) is 0 Å². The molecule has 1 N–H and O–H groups in total. The molecule has 0 bridgehead atoms. The molecule has 0 aliphatic heterocycles. The Morgan fingerprint density at radius 3 is 2.48 bits per heavy atom. The summed E-state index contributed by atoms with van der Waals surface area (Å²) in [6.45, 7) is 3.86. The average Bonchev–Trinajstić information content (AvgIpc) is 2.55. The predicted octanol–water partition coefficient (Wildman–Crippen LogP) is 4.06. The van der Waals surface area contributed by atoms with Crippen molar-refractivity contribution in [2.24, 2.45) is 0 Å². The first kappa shape index (κ1) is 18.8. The maximum absolute atomic E-state index is 12.9. The predicted molar refractivity (Wildman–Crippen MR) is 89.6 cm³/mol. The van der Waals surface area contributed by atoms with Crippen LogP contribution in [-0.2, 0) is 17.4 Å². The van der Waals surface area contributed by atoms with Crippen LogP contribution < -0.4 is 10.1 Å². The lowest BCUT2D eigenvalue weighted by Crippen LogP contribution is -2.31. The summed E-state index contributed by atoms with van der Waals surface area (Å²) in [5, 5.41) is 2.57. The zero-order valence-electron chi connectivity index (χ0n) is 14.1. The van der Waals surface area contributed by atoms with Gasteiger partial charge in [0.05, 0.1) is 5.56 Å². The van der Waals surface area contributed by atoms with Gasteiger partial charge < -0.3 is 10.1 Å². The van der Waals surface area contributed by atoms with Crippen molar-refractivity contribution in [3.8, 4) is 5.75 Å². The van der Waals surface area contributed by atoms with Crippen LogP contribution in [0.25, 0.3) is 0 Å². The van der Waals surface area contributed by atoms with E-state index >= 15 is 0 Å². The van der Waals surface area contributed by atoms with E-state index in [2.05, 4.69) is 5.32 Å². The minimum Gasteiger partial charge on any atom is -0.484 e. The maximum atomic E-state index is 12.9. The quantitative estimate of drug-likeness (QED) is 0.852. The van der Waals surface area contributed by atoms with E-state index in [-0.39, 0.29) is 31.0 Å². The van der Waals surface area contributed by atoms with Crippen molar-refractivity contribution in [1.82, 2.24) is 5.32 Å². The summed E-state index contributed by atoms with van der Waals surface area (Å²) in [6, 6.07) is 10.9. The number of hydrogen-bond acceptors (Lipinski definition) is 2. The van der Waals surface area contributed by atoms with Crippen LogP contribution in [0.3, 0.4) is 0 Å². The van der Waals surface area contributed by atoms with Crippen LogP contribution in [0.15, 0.2) is 42.5 Å². The lowest BCUT2D eigenvalue weighted by Gasteiger charge is -2.13. The molecule has 134 valence electrons. The van der Waals surface area contributed by atoms with E-state index in [1.54, 1.807) is 12.1 Å². The molecule has 0 saturated heterocycles. The van der Waals surface area contributed by atoms with Crippen LogP contribution >= 0.6 is 0 Å². The molecule has 0 radical (unpaired) electrons. The Balaban J connectivity index is 1.82. The molecule has 2 rings (SSSR count). The molecule has 0 aliphatic carbocycles. The Kier molecular flexibility index (Phi) is 6.07. The normalized spacial score (nSPS) is 11.2. The lowest BCUT2D eigenvalue weighted by atomic mass is 10.0. The van der Waals surface area contributed by atoms with E-state index in [9.17, 15) is 18.0 Å². The highest BCUT2D eigenvalue weighted by Gasteiger charge is 2.32. The fraction of sp³-hybridized carbons (Fsp3) is 0.316. The molecule has 0 aliphatic rings. The number of nitrogens with one attached hydrogen (secondary N) is 1. The van der Waals surface area contributed by atoms with E-state index in [0.717, 1.165) is 17.2 Å². The van der Waals surface area contributed by atoms with Gasteiger partial charge in [0.1, 0.15) is 5.75 Å². The second-order valence-electron chi connectivity index (χ2n) is 5.79. The zero-order chi connectivity index (χ0) is 18.4. The molecule has 6 heteroatoms. The third-order valence-electron chi connectivity index (χ3n) is 3.89. The van der Waals surface area contributed by atoms with Crippen molar-refractivity contribution >= 4 is 5.91 Å². The number of hydrogen-bond donors (Lipinski definition) is 1. The van der Waals surface area contributed by atoms with Crippen molar-refractivity contribution in [2.45, 2.75) is 26.4 Å². The zero-order valence-corrected chi connectivity index (χ0v) is 14.1. The maximum Gasteiger partial charge on any atom is 0.416 e. The smallest absolute Gasteiger partial charge is 0.416 e. The summed E-state index contributed by atoms with van der Waals surface area (Å²) >= 11 is 0. The topological polar surface area (TPSA) is 38.3 Å². The number of aryl methyl sites for hydroxylation is 2. The fourth-order valence-corrected chi connectivity index (χ4v) is 2.36. The van der Waals surface area contributed by atoms with Gasteiger partial charge in [-0.1, -0.05) is 24.3 Å². The summed E-state index contributed by atoms with van der Waals surface area (Å²) in [4.78, 5) is 11.8. The summed E-state index contributed by atoms with van der Waals surface area (Å²) in [5.74, 6) is 0.211. The van der Waals surface area contributed by atoms with Crippen LogP contribution in [0, 0.1) is 13.8 Å². The Hall–Kier alpha value is -2.50. The van der Waals surface area contributed by atoms with Crippen molar-refractivity contribution in [3.63, 3.8) is 0 Å². The van der Waals surface area contributed by atoms with E-state index in [1.165, 1.54) is 12.1 Å². The van der Waals surface area contributed by atoms with Crippen molar-refractivity contribution < 1.29 is 22.7 Å². The van der Waals surface area contributed by atoms with Gasteiger partial charge in [-0.3, -0.25) is 4.79 Å². The number of carbonyl (C=O) groups is 1. The largest absolute Gasteiger partial charge is 0.484 e. The number of alkyl halides is 3. The SMILES string of the molecule is Cc1ccc(OCC(=O)NCCc2ccccc2C(F)(F)F)cc1C. The molecule has 0 fully saturated rings. The lowest BCUT2D eigenvalue weighted by molar-refractivity contribution is -0.138. The Bertz CT molecular complexity index is 742. The molecule has 0 heterocycles. The molecule has 0 unspecified atom stereocenters. The summed E-state index contributed by atoms with van der Waals surface area (Å²) in [6.07, 6.45) is -4.29. The first-order chi connectivity index (χ1) is 11.8. The van der Waals surface area contributed by atoms with Gasteiger partial charge >= 0.3 is 6.18 Å². The van der Waals surface area contributed by atoms with Crippen molar-refractivity contribution in [3.05, 3.63) is 64.7 Å². The fourth-order valence-electron chi connectivity index (χ4n) is 2.36. The minimum absolute atomic E-state index is 0.102. The van der Waals surface area contributed by atoms with Gasteiger partial charge in [-0.2, -0.15) is 13.2 Å². The number of halogens is 3. The molecule has 0 aromatic heterocycles. The third kappa shape index (κ3) is 5.52. The molecule has 2 aromatic carbocycles. The van der Waals surface area contributed by atoms with Gasteiger partial charge in [0.25, 0.3) is 5.91 Å². The van der Waals surface area contributed by atoms with Gasteiger partial charge in [-0.05, 0) is 55.2 Å². The van der Waals surface area contributed by atoms with Crippen molar-refractivity contribution in [1.29, 1.82) is 0 Å². The molecule has 0 saturated carbocycles. The average molecular weight is 351 g/mol. The van der Waals surface area contributed by atoms with E-state index < -0.39 is 11.7 Å². The first-order valence-corrected chi connectivity index (χ1v) is 7.89. The van der Waals surface area contributed by atoms with Gasteiger partial charge in [-0.15, -0.1) is 0 Å². The van der Waals surface area contributed by atoms with Gasteiger partial charge in [0, 0.05) is 6.54 Å². The van der Waals surface area contributed by atoms with Crippen LogP contribution in [-0.4, -0.2) is 19.1 Å². The molecule has 0 spiro atoms. The molecule has 3 nitrogen and oxygen atoms in total. The number of carbonyl (C=O) groups excluding carboxylic acids is 1. The Morgan fingerprint density at radius 2 is 1.80 bits per heavy atom. The molecule has 1 amide bonds. The van der Waals surface area contributed by atoms with Crippen LogP contribution in [0.1, 0.15) is 22.3 Å². The summed E-state index contributed by atoms with van der Waals surface area (Å²) < 4.78 is 44.1. The molecular weight excluding hydrogens is 331 g/mol. The summed E-state index contributed by atoms with van der Waals surface area (Å²) in [7, 11) is 0. The Morgan fingerprint density at radius 1 is 1.08 bits per heavy atom. The number of rotatable bonds is 6. The van der Waals surface area contributed by atoms with E-state index in [4.69, 9.17) is 4.74 Å². The second kappa shape index (κ2) is 8.05. The molecule has 0 atom stereocenters. The van der Waals surface area contributed by atoms with Gasteiger partial charge in [0.15, 0.2) is 6.61 Å². The minimum atomic E-state index is -4.40. The Labute approximate surface area is 144 Å². The highest BCUT2D eigenvalue weighted by Crippen LogP contribution is 2.31. The molecular formula is C19H20F3NO2. The highest BCUT2D eigenvalue weighted by molar-refractivity contribution is 5.77. The van der Waals surface area contributed by atoms with Crippen LogP contribution in [0.2, 0.25) is 0 Å². The van der Waals surface area contributed by atoms with E-state index in [1.807, 2.05) is 26.0 Å². The van der Waals surface area contributed by atoms with Crippen LogP contribution in [0.4, 0.5) is 13.2 Å². The number of ether oxygens (including phenoxy) is 1. The molecule has 2 aromatic rings. The third-order valence-corrected chi connectivity index (χ3v) is 3.89.